The maximum Gasteiger partial charge on any atom is 0.335 e. The van der Waals surface area contributed by atoms with E-state index in [9.17, 15) is 14.7 Å². The number of nitrogens with one attached hydrogen (secondary N) is 1. The number of aliphatic hydroxyl groups is 3. The summed E-state index contributed by atoms with van der Waals surface area (Å²) < 4.78 is 0. The van der Waals surface area contributed by atoms with Crippen molar-refractivity contribution in [1.29, 1.82) is 0 Å². The minimum Gasteiger partial charge on any atom is -0.479 e. The summed E-state index contributed by atoms with van der Waals surface area (Å²) in [5, 5.41) is 47.4. The number of carboxylic acid groups (broad SMARTS) is 2. The molecule has 1 aliphatic heterocycles. The van der Waals surface area contributed by atoms with Crippen molar-refractivity contribution in [2.24, 2.45) is 0 Å². The van der Waals surface area contributed by atoms with Crippen LogP contribution in [0.5, 0.6) is 0 Å². The second kappa shape index (κ2) is 13.3. The van der Waals surface area contributed by atoms with Gasteiger partial charge in [0, 0.05) is 29.2 Å². The smallest absolute Gasteiger partial charge is 0.335 e. The number of rotatable bonds is 9. The highest BCUT2D eigenvalue weighted by Gasteiger charge is 2.29. The zero-order valence-corrected chi connectivity index (χ0v) is 19.7. The van der Waals surface area contributed by atoms with E-state index in [2.05, 4.69) is 10.2 Å². The van der Waals surface area contributed by atoms with Gasteiger partial charge in [-0.3, -0.25) is 4.90 Å². The predicted molar refractivity (Wildman–Crippen MR) is 121 cm³/mol. The number of hydrogen-bond acceptors (Lipinski definition) is 7. The first-order valence-electron chi connectivity index (χ1n) is 10.2. The van der Waals surface area contributed by atoms with Crippen molar-refractivity contribution in [3.8, 4) is 0 Å². The highest BCUT2D eigenvalue weighted by atomic mass is 35.5. The van der Waals surface area contributed by atoms with Crippen molar-refractivity contribution in [1.82, 2.24) is 10.2 Å². The molecule has 32 heavy (non-hydrogen) atoms. The SMILES string of the molecule is CC(C)(O)CCN(Cc1ccc(Cl)cc1Cl)C1CCNCC1.O=C(O)[C@H](O)[C@@H](O)C(=O)O. The van der Waals surface area contributed by atoms with Gasteiger partial charge in [0.1, 0.15) is 0 Å². The number of benzene rings is 1. The van der Waals surface area contributed by atoms with Gasteiger partial charge in [-0.2, -0.15) is 0 Å². The zero-order valence-electron chi connectivity index (χ0n) is 18.2. The quantitative estimate of drug-likeness (QED) is 0.300. The first-order valence-corrected chi connectivity index (χ1v) is 11.0. The Morgan fingerprint density at radius 3 is 2.09 bits per heavy atom. The van der Waals surface area contributed by atoms with Crippen molar-refractivity contribution < 1.29 is 35.1 Å². The summed E-state index contributed by atoms with van der Waals surface area (Å²) in [6.07, 6.45) is -1.51. The molecule has 0 bridgehead atoms. The van der Waals surface area contributed by atoms with Crippen LogP contribution in [-0.4, -0.2) is 85.9 Å². The molecule has 1 heterocycles. The molecule has 2 atom stereocenters. The molecule has 0 amide bonds. The van der Waals surface area contributed by atoms with Gasteiger partial charge >= 0.3 is 11.9 Å². The summed E-state index contributed by atoms with van der Waals surface area (Å²) in [7, 11) is 0. The van der Waals surface area contributed by atoms with E-state index in [1.165, 1.54) is 0 Å². The van der Waals surface area contributed by atoms with Crippen LogP contribution >= 0.6 is 23.2 Å². The lowest BCUT2D eigenvalue weighted by Gasteiger charge is -2.36. The largest absolute Gasteiger partial charge is 0.479 e. The van der Waals surface area contributed by atoms with Gasteiger partial charge in [0.05, 0.1) is 5.60 Å². The van der Waals surface area contributed by atoms with Crippen LogP contribution in [0.3, 0.4) is 0 Å². The molecule has 0 aliphatic carbocycles. The first-order chi connectivity index (χ1) is 14.8. The molecule has 1 aromatic carbocycles. The molecule has 2 rings (SSSR count). The van der Waals surface area contributed by atoms with Crippen molar-refractivity contribution in [2.45, 2.75) is 63.5 Å². The first kappa shape index (κ1) is 28.6. The third-order valence-corrected chi connectivity index (χ3v) is 5.62. The molecule has 0 spiro atoms. The van der Waals surface area contributed by atoms with Crippen LogP contribution in [0, 0.1) is 0 Å². The number of halogens is 2. The van der Waals surface area contributed by atoms with E-state index in [0.29, 0.717) is 11.1 Å². The molecule has 11 heteroatoms. The molecule has 0 aromatic heterocycles. The minimum atomic E-state index is -2.27. The van der Waals surface area contributed by atoms with Crippen LogP contribution in [0.15, 0.2) is 18.2 Å². The Kier molecular flexibility index (Phi) is 11.9. The van der Waals surface area contributed by atoms with E-state index < -0.39 is 29.7 Å². The molecule has 0 radical (unpaired) electrons. The Morgan fingerprint density at radius 2 is 1.66 bits per heavy atom. The topological polar surface area (TPSA) is 151 Å². The van der Waals surface area contributed by atoms with Gasteiger partial charge in [-0.15, -0.1) is 0 Å². The summed E-state index contributed by atoms with van der Waals surface area (Å²) in [5.41, 5.74) is 0.454. The second-order valence-electron chi connectivity index (χ2n) is 8.32. The molecule has 1 saturated heterocycles. The lowest BCUT2D eigenvalue weighted by atomic mass is 10.0. The molecule has 0 saturated carbocycles. The summed E-state index contributed by atoms with van der Waals surface area (Å²) >= 11 is 12.3. The molecule has 9 nitrogen and oxygen atoms in total. The fourth-order valence-electron chi connectivity index (χ4n) is 3.12. The molecule has 1 aromatic rings. The summed E-state index contributed by atoms with van der Waals surface area (Å²) in [4.78, 5) is 22.0. The van der Waals surface area contributed by atoms with Crippen LogP contribution in [0.2, 0.25) is 10.0 Å². The third-order valence-electron chi connectivity index (χ3n) is 5.03. The van der Waals surface area contributed by atoms with E-state index in [1.54, 1.807) is 6.07 Å². The standard InChI is InChI=1S/C17H26Cl2N2O.C4H6O6/c1-17(2,22)7-10-21(15-5-8-20-9-6-15)12-13-3-4-14(18)11-16(13)19;5-1(3(7)8)2(6)4(9)10/h3-4,11,15,20,22H,5-10,12H2,1-2H3;1-2,5-6H,(H,7,8)(H,9,10)/t;1-,2-/m.1/s1. The average Bonchev–Trinajstić information content (AvgIpc) is 2.71. The molecule has 1 fully saturated rings. The lowest BCUT2D eigenvalue weighted by Crippen LogP contribution is -2.44. The van der Waals surface area contributed by atoms with Gasteiger partial charge in [-0.25, -0.2) is 9.59 Å². The maximum atomic E-state index is 10.0. The lowest BCUT2D eigenvalue weighted by molar-refractivity contribution is -0.165. The van der Waals surface area contributed by atoms with Crippen LogP contribution in [0.4, 0.5) is 0 Å². The van der Waals surface area contributed by atoms with Gasteiger partial charge in [0.15, 0.2) is 12.2 Å². The van der Waals surface area contributed by atoms with Gasteiger partial charge < -0.3 is 30.8 Å². The fourth-order valence-corrected chi connectivity index (χ4v) is 3.59. The summed E-state index contributed by atoms with van der Waals surface area (Å²) in [6, 6.07) is 6.23. The third kappa shape index (κ3) is 10.4. The highest BCUT2D eigenvalue weighted by molar-refractivity contribution is 6.35. The number of aliphatic hydroxyl groups excluding tert-OH is 2. The average molecular weight is 495 g/mol. The molecule has 0 unspecified atom stereocenters. The number of piperidine rings is 1. The van der Waals surface area contributed by atoms with E-state index in [-0.39, 0.29) is 0 Å². The Hall–Kier alpha value is -1.46. The molecule has 1 aliphatic rings. The Bertz CT molecular complexity index is 734. The maximum absolute atomic E-state index is 10.0. The molecule has 6 N–H and O–H groups in total. The fraction of sp³-hybridized carbons (Fsp3) is 0.619. The summed E-state index contributed by atoms with van der Waals surface area (Å²) in [5.74, 6) is -3.54. The van der Waals surface area contributed by atoms with E-state index in [0.717, 1.165) is 56.0 Å². The van der Waals surface area contributed by atoms with Crippen molar-refractivity contribution in [3.63, 3.8) is 0 Å². The van der Waals surface area contributed by atoms with Gasteiger partial charge in [-0.05, 0) is 63.9 Å². The molecular formula is C21H32Cl2N2O7. The molecule has 182 valence electrons. The Balaban J connectivity index is 0.000000433. The second-order valence-corrected chi connectivity index (χ2v) is 9.16. The normalized spacial score (nSPS) is 16.8. The summed E-state index contributed by atoms with van der Waals surface area (Å²) in [6.45, 7) is 7.51. The van der Waals surface area contributed by atoms with Crippen LogP contribution < -0.4 is 5.32 Å². The highest BCUT2D eigenvalue weighted by Crippen LogP contribution is 2.25. The number of hydrogen-bond donors (Lipinski definition) is 6. The van der Waals surface area contributed by atoms with Crippen molar-refractivity contribution in [3.05, 3.63) is 33.8 Å². The number of carboxylic acids is 2. The van der Waals surface area contributed by atoms with E-state index in [1.807, 2.05) is 26.0 Å². The Labute approximate surface area is 197 Å². The van der Waals surface area contributed by atoms with Gasteiger partial charge in [-0.1, -0.05) is 29.3 Å². The minimum absolute atomic E-state index is 0.537. The number of carbonyl (C=O) groups is 2. The van der Waals surface area contributed by atoms with Crippen molar-refractivity contribution >= 4 is 35.1 Å². The predicted octanol–water partition coefficient (Wildman–Crippen LogP) is 1.59. The number of aliphatic carboxylic acids is 2. The van der Waals surface area contributed by atoms with E-state index in [4.69, 9.17) is 43.6 Å². The van der Waals surface area contributed by atoms with Gasteiger partial charge in [0.25, 0.3) is 0 Å². The van der Waals surface area contributed by atoms with Crippen LogP contribution in [-0.2, 0) is 16.1 Å². The molecular weight excluding hydrogens is 463 g/mol. The van der Waals surface area contributed by atoms with Gasteiger partial charge in [0.2, 0.25) is 0 Å². The zero-order chi connectivity index (χ0) is 24.5. The monoisotopic (exact) mass is 494 g/mol. The number of nitrogens with zero attached hydrogens (tertiary/aromatic N) is 1. The van der Waals surface area contributed by atoms with Crippen LogP contribution in [0.1, 0.15) is 38.7 Å². The van der Waals surface area contributed by atoms with Crippen LogP contribution in [0.25, 0.3) is 0 Å². The Morgan fingerprint density at radius 1 is 1.12 bits per heavy atom. The van der Waals surface area contributed by atoms with Crippen molar-refractivity contribution in [2.75, 3.05) is 19.6 Å². The van der Waals surface area contributed by atoms with E-state index >= 15 is 0 Å².